The minimum Gasteiger partial charge on any atom is -0.452 e. The summed E-state index contributed by atoms with van der Waals surface area (Å²) in [6, 6.07) is 9.12. The van der Waals surface area contributed by atoms with Gasteiger partial charge in [0.15, 0.2) is 6.61 Å². The number of halogens is 1. The molecule has 0 aliphatic rings. The first kappa shape index (κ1) is 22.4. The van der Waals surface area contributed by atoms with Crippen molar-refractivity contribution < 1.29 is 19.1 Å². The van der Waals surface area contributed by atoms with Crippen molar-refractivity contribution >= 4 is 29.4 Å². The van der Waals surface area contributed by atoms with Crippen LogP contribution in [0.25, 0.3) is 5.69 Å². The molecule has 2 aromatic rings. The Hall–Kier alpha value is -2.87. The highest BCUT2D eigenvalue weighted by Gasteiger charge is 2.24. The third kappa shape index (κ3) is 5.35. The molecule has 0 aliphatic carbocycles. The molecule has 0 spiro atoms. The number of para-hydroxylation sites is 1. The Balaban J connectivity index is 2.01. The highest BCUT2D eigenvalue weighted by molar-refractivity contribution is 6.33. The number of carbonyl (C=O) groups is 3. The minimum absolute atomic E-state index is 0.0796. The lowest BCUT2D eigenvalue weighted by molar-refractivity contribution is -0.140. The normalized spacial score (nSPS) is 10.5. The smallest absolute Gasteiger partial charge is 0.343 e. The van der Waals surface area contributed by atoms with Crippen LogP contribution in [0.1, 0.15) is 29.9 Å². The average molecular weight is 421 g/mol. The van der Waals surface area contributed by atoms with Crippen LogP contribution in [0.15, 0.2) is 30.3 Å². The molecule has 0 N–H and O–H groups in total. The number of benzene rings is 1. The SMILES string of the molecule is CCN(CC)C(=O)CN(C)C(=O)COC(=O)c1c(C)nn(-c2ccccc2)c1Cl. The second-order valence-corrected chi connectivity index (χ2v) is 6.75. The zero-order valence-electron chi connectivity index (χ0n) is 17.0. The molecule has 1 heterocycles. The van der Waals surface area contributed by atoms with Crippen LogP contribution in [0.2, 0.25) is 5.15 Å². The Kier molecular flexibility index (Phi) is 7.78. The van der Waals surface area contributed by atoms with Crippen LogP contribution in [-0.2, 0) is 14.3 Å². The summed E-state index contributed by atoms with van der Waals surface area (Å²) in [6.45, 7) is 5.93. The lowest BCUT2D eigenvalue weighted by Gasteiger charge is -2.23. The van der Waals surface area contributed by atoms with E-state index in [1.165, 1.54) is 16.6 Å². The highest BCUT2D eigenvalue weighted by atomic mass is 35.5. The molecule has 0 bridgehead atoms. The van der Waals surface area contributed by atoms with Crippen LogP contribution in [0, 0.1) is 6.92 Å². The molecule has 1 aromatic carbocycles. The Morgan fingerprint density at radius 1 is 1.10 bits per heavy atom. The zero-order chi connectivity index (χ0) is 21.6. The lowest BCUT2D eigenvalue weighted by atomic mass is 10.2. The zero-order valence-corrected chi connectivity index (χ0v) is 17.8. The Morgan fingerprint density at radius 2 is 1.72 bits per heavy atom. The molecule has 29 heavy (non-hydrogen) atoms. The van der Waals surface area contributed by atoms with Gasteiger partial charge in [-0.05, 0) is 32.9 Å². The van der Waals surface area contributed by atoms with Gasteiger partial charge in [-0.2, -0.15) is 5.10 Å². The maximum absolute atomic E-state index is 12.5. The van der Waals surface area contributed by atoms with Crippen LogP contribution in [0.3, 0.4) is 0 Å². The van der Waals surface area contributed by atoms with Crippen molar-refractivity contribution in [1.82, 2.24) is 19.6 Å². The third-order valence-corrected chi connectivity index (χ3v) is 4.80. The number of amides is 2. The van der Waals surface area contributed by atoms with E-state index in [9.17, 15) is 14.4 Å². The van der Waals surface area contributed by atoms with Gasteiger partial charge < -0.3 is 14.5 Å². The summed E-state index contributed by atoms with van der Waals surface area (Å²) >= 11 is 6.33. The van der Waals surface area contributed by atoms with E-state index in [2.05, 4.69) is 5.10 Å². The number of carbonyl (C=O) groups excluding carboxylic acids is 3. The monoisotopic (exact) mass is 420 g/mol. The van der Waals surface area contributed by atoms with Crippen LogP contribution in [0.4, 0.5) is 0 Å². The summed E-state index contributed by atoms with van der Waals surface area (Å²) < 4.78 is 6.56. The quantitative estimate of drug-likeness (QED) is 0.612. The summed E-state index contributed by atoms with van der Waals surface area (Å²) in [5.74, 6) is -1.39. The van der Waals surface area contributed by atoms with Gasteiger partial charge in [0.25, 0.3) is 5.91 Å². The summed E-state index contributed by atoms with van der Waals surface area (Å²) in [5.41, 5.74) is 1.19. The van der Waals surface area contributed by atoms with Crippen molar-refractivity contribution in [3.63, 3.8) is 0 Å². The van der Waals surface area contributed by atoms with Gasteiger partial charge in [-0.15, -0.1) is 0 Å². The molecule has 0 saturated heterocycles. The van der Waals surface area contributed by atoms with E-state index in [1.54, 1.807) is 24.0 Å². The number of ether oxygens (including phenoxy) is 1. The largest absolute Gasteiger partial charge is 0.452 e. The number of hydrogen-bond donors (Lipinski definition) is 0. The van der Waals surface area contributed by atoms with Crippen molar-refractivity contribution in [2.45, 2.75) is 20.8 Å². The van der Waals surface area contributed by atoms with E-state index in [4.69, 9.17) is 16.3 Å². The summed E-state index contributed by atoms with van der Waals surface area (Å²) in [4.78, 5) is 39.7. The first-order valence-corrected chi connectivity index (χ1v) is 9.67. The first-order valence-electron chi connectivity index (χ1n) is 9.29. The molecular weight excluding hydrogens is 396 g/mol. The predicted octanol–water partition coefficient (Wildman–Crippen LogP) is 2.32. The van der Waals surface area contributed by atoms with Crippen LogP contribution in [-0.4, -0.2) is 70.7 Å². The maximum atomic E-state index is 12.5. The predicted molar refractivity (Wildman–Crippen MR) is 109 cm³/mol. The van der Waals surface area contributed by atoms with Gasteiger partial charge in [-0.1, -0.05) is 29.8 Å². The molecule has 8 nitrogen and oxygen atoms in total. The van der Waals surface area contributed by atoms with Gasteiger partial charge in [0.2, 0.25) is 5.91 Å². The van der Waals surface area contributed by atoms with E-state index in [0.29, 0.717) is 24.5 Å². The number of hydrogen-bond acceptors (Lipinski definition) is 5. The number of aromatic nitrogens is 2. The van der Waals surface area contributed by atoms with E-state index >= 15 is 0 Å². The molecule has 0 radical (unpaired) electrons. The highest BCUT2D eigenvalue weighted by Crippen LogP contribution is 2.24. The number of esters is 1. The van der Waals surface area contributed by atoms with Gasteiger partial charge in [0, 0.05) is 20.1 Å². The minimum atomic E-state index is -0.744. The standard InChI is InChI=1S/C20H25ClN4O4/c1-5-24(6-2)16(26)12-23(4)17(27)13-29-20(28)18-14(3)22-25(19(18)21)15-10-8-7-9-11-15/h7-11H,5-6,12-13H2,1-4H3. The van der Waals surface area contributed by atoms with Gasteiger partial charge in [0.1, 0.15) is 10.7 Å². The van der Waals surface area contributed by atoms with Crippen molar-refractivity contribution in [2.75, 3.05) is 33.3 Å². The summed E-state index contributed by atoms with van der Waals surface area (Å²) in [5, 5.41) is 4.39. The van der Waals surface area contributed by atoms with Gasteiger partial charge in [0.05, 0.1) is 17.9 Å². The van der Waals surface area contributed by atoms with E-state index in [-0.39, 0.29) is 23.2 Å². The molecule has 0 aliphatic heterocycles. The van der Waals surface area contributed by atoms with E-state index in [1.807, 2.05) is 32.0 Å². The van der Waals surface area contributed by atoms with Gasteiger partial charge in [-0.25, -0.2) is 9.48 Å². The fraction of sp³-hybridized carbons (Fsp3) is 0.400. The average Bonchev–Trinajstić information content (AvgIpc) is 3.01. The summed E-state index contributed by atoms with van der Waals surface area (Å²) in [7, 11) is 1.49. The second kappa shape index (κ2) is 10.1. The Bertz CT molecular complexity index is 878. The van der Waals surface area contributed by atoms with Gasteiger partial charge >= 0.3 is 5.97 Å². The first-order chi connectivity index (χ1) is 13.8. The van der Waals surface area contributed by atoms with Crippen molar-refractivity contribution in [3.05, 3.63) is 46.7 Å². The van der Waals surface area contributed by atoms with Crippen LogP contribution < -0.4 is 0 Å². The molecule has 0 unspecified atom stereocenters. The Morgan fingerprint density at radius 3 is 2.31 bits per heavy atom. The number of rotatable bonds is 8. The molecule has 0 atom stereocenters. The number of aryl methyl sites for hydroxylation is 1. The molecule has 0 fully saturated rings. The van der Waals surface area contributed by atoms with Crippen molar-refractivity contribution in [1.29, 1.82) is 0 Å². The fourth-order valence-corrected chi connectivity index (χ4v) is 3.10. The van der Waals surface area contributed by atoms with E-state index in [0.717, 1.165) is 0 Å². The topological polar surface area (TPSA) is 84.7 Å². The van der Waals surface area contributed by atoms with Crippen LogP contribution in [0.5, 0.6) is 0 Å². The molecule has 1 aromatic heterocycles. The lowest BCUT2D eigenvalue weighted by Crippen LogP contribution is -2.42. The fourth-order valence-electron chi connectivity index (χ4n) is 2.75. The second-order valence-electron chi connectivity index (χ2n) is 6.39. The third-order valence-electron chi connectivity index (χ3n) is 4.45. The number of likely N-dealkylation sites (N-methyl/N-ethyl adjacent to an activating group) is 2. The van der Waals surface area contributed by atoms with Crippen molar-refractivity contribution in [2.24, 2.45) is 0 Å². The molecule has 9 heteroatoms. The number of nitrogens with zero attached hydrogens (tertiary/aromatic N) is 4. The molecule has 0 saturated carbocycles. The van der Waals surface area contributed by atoms with Crippen molar-refractivity contribution in [3.8, 4) is 5.69 Å². The maximum Gasteiger partial charge on any atom is 0.343 e. The molecular formula is C20H25ClN4O4. The molecule has 156 valence electrons. The van der Waals surface area contributed by atoms with Crippen LogP contribution >= 0.6 is 11.6 Å². The Labute approximate surface area is 175 Å². The van der Waals surface area contributed by atoms with E-state index < -0.39 is 18.5 Å². The molecule has 2 rings (SSSR count). The molecule has 2 amide bonds. The van der Waals surface area contributed by atoms with Gasteiger partial charge in [-0.3, -0.25) is 9.59 Å². The summed E-state index contributed by atoms with van der Waals surface area (Å²) in [6.07, 6.45) is 0.